The summed E-state index contributed by atoms with van der Waals surface area (Å²) in [6.45, 7) is 7.23. The van der Waals surface area contributed by atoms with Crippen LogP contribution in [0.25, 0.3) is 6.08 Å². The maximum atomic E-state index is 12.4. The molecule has 1 amide bonds. The van der Waals surface area contributed by atoms with Gasteiger partial charge in [0.1, 0.15) is 0 Å². The second kappa shape index (κ2) is 6.02. The van der Waals surface area contributed by atoms with E-state index in [4.69, 9.17) is 4.74 Å². The van der Waals surface area contributed by atoms with Crippen molar-refractivity contribution in [2.45, 2.75) is 33.0 Å². The van der Waals surface area contributed by atoms with Crippen molar-refractivity contribution < 1.29 is 9.53 Å². The van der Waals surface area contributed by atoms with Crippen molar-refractivity contribution in [2.24, 2.45) is 0 Å². The summed E-state index contributed by atoms with van der Waals surface area (Å²) in [4.78, 5) is 14.3. The summed E-state index contributed by atoms with van der Waals surface area (Å²) >= 11 is 0. The smallest absolute Gasteiger partial charge is 0.249 e. The standard InChI is InChI=1S/C16H21NO2/c1-12(9-15-7-5-4-6-8-15)16(18)17-10-13(2)19-14(3)11-17/h4-9,13-14H,10-11H2,1-3H3/b12-9-/t13-,14-/m1/s1. The van der Waals surface area contributed by atoms with Crippen molar-refractivity contribution in [2.75, 3.05) is 13.1 Å². The van der Waals surface area contributed by atoms with Gasteiger partial charge in [0, 0.05) is 18.7 Å². The fourth-order valence-corrected chi connectivity index (χ4v) is 2.45. The summed E-state index contributed by atoms with van der Waals surface area (Å²) < 4.78 is 5.65. The fraction of sp³-hybridized carbons (Fsp3) is 0.438. The molecular weight excluding hydrogens is 238 g/mol. The third kappa shape index (κ3) is 3.67. The first-order valence-electron chi connectivity index (χ1n) is 6.74. The second-order valence-corrected chi connectivity index (χ2v) is 5.21. The number of benzene rings is 1. The number of rotatable bonds is 2. The van der Waals surface area contributed by atoms with Gasteiger partial charge in [0.25, 0.3) is 0 Å². The molecule has 0 spiro atoms. The molecule has 2 atom stereocenters. The van der Waals surface area contributed by atoms with Crippen LogP contribution in [0.3, 0.4) is 0 Å². The first-order chi connectivity index (χ1) is 9.06. The highest BCUT2D eigenvalue weighted by Crippen LogP contribution is 2.15. The summed E-state index contributed by atoms with van der Waals surface area (Å²) in [6, 6.07) is 9.92. The van der Waals surface area contributed by atoms with Gasteiger partial charge in [-0.15, -0.1) is 0 Å². The second-order valence-electron chi connectivity index (χ2n) is 5.21. The van der Waals surface area contributed by atoms with E-state index in [1.165, 1.54) is 0 Å². The number of hydrogen-bond donors (Lipinski definition) is 0. The third-order valence-corrected chi connectivity index (χ3v) is 3.23. The minimum Gasteiger partial charge on any atom is -0.372 e. The van der Waals surface area contributed by atoms with E-state index in [-0.39, 0.29) is 18.1 Å². The summed E-state index contributed by atoms with van der Waals surface area (Å²) in [7, 11) is 0. The molecule has 0 unspecified atom stereocenters. The molecule has 0 saturated carbocycles. The van der Waals surface area contributed by atoms with Crippen molar-refractivity contribution in [1.29, 1.82) is 0 Å². The zero-order chi connectivity index (χ0) is 13.8. The van der Waals surface area contributed by atoms with Gasteiger partial charge in [-0.25, -0.2) is 0 Å². The molecule has 1 fully saturated rings. The number of carbonyl (C=O) groups is 1. The molecule has 0 N–H and O–H groups in total. The van der Waals surface area contributed by atoms with E-state index in [0.717, 1.165) is 11.1 Å². The van der Waals surface area contributed by atoms with Crippen molar-refractivity contribution in [3.8, 4) is 0 Å². The molecule has 0 aliphatic carbocycles. The van der Waals surface area contributed by atoms with Crippen molar-refractivity contribution >= 4 is 12.0 Å². The largest absolute Gasteiger partial charge is 0.372 e. The molecule has 0 bridgehead atoms. The molecular formula is C16H21NO2. The van der Waals surface area contributed by atoms with Gasteiger partial charge in [-0.05, 0) is 32.4 Å². The molecule has 2 rings (SSSR count). The van der Waals surface area contributed by atoms with Gasteiger partial charge in [0.15, 0.2) is 0 Å². The van der Waals surface area contributed by atoms with Crippen LogP contribution in [0.15, 0.2) is 35.9 Å². The van der Waals surface area contributed by atoms with Crippen LogP contribution in [0, 0.1) is 0 Å². The Balaban J connectivity index is 2.09. The van der Waals surface area contributed by atoms with Gasteiger partial charge in [-0.2, -0.15) is 0 Å². The molecule has 3 heteroatoms. The number of hydrogen-bond acceptors (Lipinski definition) is 2. The predicted molar refractivity (Wildman–Crippen MR) is 76.7 cm³/mol. The van der Waals surface area contributed by atoms with Gasteiger partial charge in [0.05, 0.1) is 12.2 Å². The van der Waals surface area contributed by atoms with E-state index in [2.05, 4.69) is 0 Å². The number of carbonyl (C=O) groups excluding carboxylic acids is 1. The van der Waals surface area contributed by atoms with E-state index >= 15 is 0 Å². The highest BCUT2D eigenvalue weighted by atomic mass is 16.5. The monoisotopic (exact) mass is 259 g/mol. The van der Waals surface area contributed by atoms with Crippen LogP contribution in [-0.4, -0.2) is 36.1 Å². The molecule has 19 heavy (non-hydrogen) atoms. The molecule has 1 aliphatic rings. The zero-order valence-corrected chi connectivity index (χ0v) is 11.8. The number of nitrogens with zero attached hydrogens (tertiary/aromatic N) is 1. The Hall–Kier alpha value is -1.61. The van der Waals surface area contributed by atoms with Crippen LogP contribution in [0.2, 0.25) is 0 Å². The molecule has 0 radical (unpaired) electrons. The lowest BCUT2D eigenvalue weighted by atomic mass is 10.1. The van der Waals surface area contributed by atoms with Gasteiger partial charge in [-0.1, -0.05) is 30.3 Å². The summed E-state index contributed by atoms with van der Waals surface area (Å²) in [5, 5.41) is 0. The molecule has 1 aromatic carbocycles. The normalized spacial score (nSPS) is 24.4. The van der Waals surface area contributed by atoms with Crippen molar-refractivity contribution in [1.82, 2.24) is 4.90 Å². The Labute approximate surface area is 114 Å². The maximum absolute atomic E-state index is 12.4. The van der Waals surface area contributed by atoms with Crippen molar-refractivity contribution in [3.05, 3.63) is 41.5 Å². The topological polar surface area (TPSA) is 29.5 Å². The maximum Gasteiger partial charge on any atom is 0.249 e. The molecule has 0 aromatic heterocycles. The Morgan fingerprint density at radius 2 is 1.79 bits per heavy atom. The Bertz CT molecular complexity index is 457. The minimum atomic E-state index is 0.103. The highest BCUT2D eigenvalue weighted by molar-refractivity contribution is 5.97. The lowest BCUT2D eigenvalue weighted by Crippen LogP contribution is -2.48. The fourth-order valence-electron chi connectivity index (χ4n) is 2.45. The van der Waals surface area contributed by atoms with E-state index in [1.54, 1.807) is 0 Å². The first-order valence-corrected chi connectivity index (χ1v) is 6.74. The summed E-state index contributed by atoms with van der Waals surface area (Å²) in [5.41, 5.74) is 1.83. The van der Waals surface area contributed by atoms with Crippen LogP contribution in [0.4, 0.5) is 0 Å². The lowest BCUT2D eigenvalue weighted by molar-refractivity contribution is -0.139. The van der Waals surface area contributed by atoms with Crippen LogP contribution >= 0.6 is 0 Å². The average Bonchev–Trinajstić information content (AvgIpc) is 2.37. The predicted octanol–water partition coefficient (Wildman–Crippen LogP) is 2.73. The summed E-state index contributed by atoms with van der Waals surface area (Å²) in [6.07, 6.45) is 2.15. The summed E-state index contributed by atoms with van der Waals surface area (Å²) in [5.74, 6) is 0.103. The molecule has 1 saturated heterocycles. The number of ether oxygens (including phenoxy) is 1. The van der Waals surface area contributed by atoms with Gasteiger partial charge in [-0.3, -0.25) is 4.79 Å². The Morgan fingerprint density at radius 3 is 2.37 bits per heavy atom. The van der Waals surface area contributed by atoms with E-state index in [1.807, 2.05) is 62.1 Å². The lowest BCUT2D eigenvalue weighted by Gasteiger charge is -2.35. The highest BCUT2D eigenvalue weighted by Gasteiger charge is 2.26. The van der Waals surface area contributed by atoms with Gasteiger partial charge >= 0.3 is 0 Å². The quantitative estimate of drug-likeness (QED) is 0.764. The van der Waals surface area contributed by atoms with E-state index in [9.17, 15) is 4.79 Å². The zero-order valence-electron chi connectivity index (χ0n) is 11.8. The number of amides is 1. The van der Waals surface area contributed by atoms with E-state index < -0.39 is 0 Å². The van der Waals surface area contributed by atoms with Crippen LogP contribution < -0.4 is 0 Å². The Morgan fingerprint density at radius 1 is 1.21 bits per heavy atom. The first kappa shape index (κ1) is 13.8. The molecule has 1 heterocycles. The molecule has 3 nitrogen and oxygen atoms in total. The molecule has 1 aliphatic heterocycles. The van der Waals surface area contributed by atoms with Crippen molar-refractivity contribution in [3.63, 3.8) is 0 Å². The molecule has 1 aromatic rings. The van der Waals surface area contributed by atoms with Crippen LogP contribution in [-0.2, 0) is 9.53 Å². The van der Waals surface area contributed by atoms with E-state index in [0.29, 0.717) is 13.1 Å². The Kier molecular flexibility index (Phi) is 4.38. The van der Waals surface area contributed by atoms with Gasteiger partial charge < -0.3 is 9.64 Å². The third-order valence-electron chi connectivity index (χ3n) is 3.23. The molecule has 102 valence electrons. The average molecular weight is 259 g/mol. The minimum absolute atomic E-state index is 0.103. The number of morpholine rings is 1. The van der Waals surface area contributed by atoms with Crippen LogP contribution in [0.5, 0.6) is 0 Å². The van der Waals surface area contributed by atoms with Crippen LogP contribution in [0.1, 0.15) is 26.3 Å². The van der Waals surface area contributed by atoms with Gasteiger partial charge in [0.2, 0.25) is 5.91 Å². The SMILES string of the molecule is C/C(=C/c1ccccc1)C(=O)N1C[C@@H](C)O[C@H](C)C1.